The van der Waals surface area contributed by atoms with Crippen molar-refractivity contribution in [3.8, 4) is 0 Å². The summed E-state index contributed by atoms with van der Waals surface area (Å²) >= 11 is 0. The van der Waals surface area contributed by atoms with E-state index in [1.54, 1.807) is 0 Å². The van der Waals surface area contributed by atoms with E-state index >= 15 is 0 Å². The topological polar surface area (TPSA) is 77.8 Å². The molecule has 0 aromatic rings. The summed E-state index contributed by atoms with van der Waals surface area (Å²) in [5.74, 6) is 0. The van der Waals surface area contributed by atoms with E-state index in [0.717, 1.165) is 0 Å². The zero-order valence-corrected chi connectivity index (χ0v) is 9.30. The second kappa shape index (κ2) is 11.4. The fourth-order valence-corrected chi connectivity index (χ4v) is 0. The fourth-order valence-electron chi connectivity index (χ4n) is 0. The first-order valence-corrected chi connectivity index (χ1v) is 2.35. The summed E-state index contributed by atoms with van der Waals surface area (Å²) in [7, 11) is -4.64. The van der Waals surface area contributed by atoms with Crippen LogP contribution >= 0.6 is 7.82 Å². The first kappa shape index (κ1) is 22.8. The van der Waals surface area contributed by atoms with Gasteiger partial charge in [0.15, 0.2) is 0 Å². The molecule has 0 aromatic heterocycles. The van der Waals surface area contributed by atoms with Crippen molar-refractivity contribution in [3.63, 3.8) is 0 Å². The van der Waals surface area contributed by atoms with Crippen LogP contribution in [-0.2, 0) is 4.57 Å². The molecule has 0 heterocycles. The molecule has 0 spiro atoms. The van der Waals surface area contributed by atoms with Crippen LogP contribution in [0.4, 0.5) is 0 Å². The van der Waals surface area contributed by atoms with Gasteiger partial charge in [-0.1, -0.05) is 0 Å². The predicted molar refractivity (Wildman–Crippen MR) is 39.9 cm³/mol. The molecule has 4 nitrogen and oxygen atoms in total. The van der Waals surface area contributed by atoms with E-state index in [9.17, 15) is 0 Å². The second-order valence-corrected chi connectivity index (χ2v) is 1.54. The first-order valence-electron chi connectivity index (χ1n) is 0.783. The molecular formula is H9BaBiO4PRb. The predicted octanol–water partition coefficient (Wildman–Crippen LogP) is -3.68. The molecule has 0 atom stereocenters. The Balaban J connectivity index is -0.0000000267. The fraction of sp³-hybridized carbons (Fsp3) is 0. The molecule has 0 aliphatic rings. The van der Waals surface area contributed by atoms with Crippen molar-refractivity contribution in [1.82, 2.24) is 0 Å². The molecule has 0 amide bonds. The monoisotopic (exact) mass is 536 g/mol. The van der Waals surface area contributed by atoms with Crippen LogP contribution < -0.4 is 0 Å². The molecule has 0 radical (unpaired) electrons. The molecule has 0 unspecified atom stereocenters. The van der Waals surface area contributed by atoms with Crippen LogP contribution in [0.3, 0.4) is 0 Å². The number of rotatable bonds is 0. The summed E-state index contributed by atoms with van der Waals surface area (Å²) < 4.78 is 8.88. The van der Waals surface area contributed by atoms with Gasteiger partial charge < -0.3 is 14.7 Å². The van der Waals surface area contributed by atoms with Crippen molar-refractivity contribution >= 4 is 141 Å². The minimum atomic E-state index is -4.64. The molecule has 8 heavy (non-hydrogen) atoms. The third-order valence-corrected chi connectivity index (χ3v) is 0. The molecule has 8 heteroatoms. The molecule has 0 saturated carbocycles. The van der Waals surface area contributed by atoms with Gasteiger partial charge >= 0.3 is 141 Å². The van der Waals surface area contributed by atoms with E-state index < -0.39 is 7.82 Å². The Hall–Kier alpha value is 4.37. The summed E-state index contributed by atoms with van der Waals surface area (Å²) in [5, 5.41) is 0. The van der Waals surface area contributed by atoms with Crippen molar-refractivity contribution in [2.75, 3.05) is 0 Å². The average Bonchev–Trinajstić information content (AvgIpc) is 0.722. The van der Waals surface area contributed by atoms with Crippen molar-refractivity contribution in [3.05, 3.63) is 0 Å². The van der Waals surface area contributed by atoms with Gasteiger partial charge in [0.25, 0.3) is 0 Å². The Bertz CT molecular complexity index is 62.2. The second-order valence-electron chi connectivity index (χ2n) is 0.513. The molecule has 0 fully saturated rings. The van der Waals surface area contributed by atoms with Crippen LogP contribution in [0.25, 0.3) is 0 Å². The summed E-state index contributed by atoms with van der Waals surface area (Å²) in [6.07, 6.45) is 0. The van der Waals surface area contributed by atoms with E-state index in [1.807, 2.05) is 0 Å². The van der Waals surface area contributed by atoms with Gasteiger partial charge in [0, 0.05) is 0 Å². The van der Waals surface area contributed by atoms with E-state index in [1.165, 1.54) is 0 Å². The van der Waals surface area contributed by atoms with Crippen LogP contribution in [0.5, 0.6) is 0 Å². The Morgan fingerprint density at radius 2 is 1.12 bits per heavy atom. The van der Waals surface area contributed by atoms with E-state index in [4.69, 9.17) is 19.2 Å². The Morgan fingerprint density at radius 3 is 1.12 bits per heavy atom. The molecular weight excluding hydrogens is 527 g/mol. The van der Waals surface area contributed by atoms with Crippen molar-refractivity contribution < 1.29 is 19.2 Å². The van der Waals surface area contributed by atoms with Gasteiger partial charge in [-0.2, -0.15) is 0 Å². The third kappa shape index (κ3) is 47.7. The Labute approximate surface area is 155 Å². The van der Waals surface area contributed by atoms with Crippen LogP contribution in [0.15, 0.2) is 0 Å². The third-order valence-electron chi connectivity index (χ3n) is 0. The summed E-state index contributed by atoms with van der Waals surface area (Å²) in [6, 6.07) is 0. The molecule has 0 aliphatic heterocycles. The first-order chi connectivity index (χ1) is 2.00. The molecule has 0 aromatic carbocycles. The Morgan fingerprint density at radius 1 is 1.12 bits per heavy atom. The number of phosphoric acid groups is 1. The van der Waals surface area contributed by atoms with Crippen LogP contribution in [0.2, 0.25) is 0 Å². The van der Waals surface area contributed by atoms with E-state index in [0.29, 0.717) is 0 Å². The van der Waals surface area contributed by atoms with E-state index in [2.05, 4.69) is 0 Å². The van der Waals surface area contributed by atoms with Gasteiger partial charge in [0.05, 0.1) is 0 Å². The summed E-state index contributed by atoms with van der Waals surface area (Å²) in [4.78, 5) is 21.6. The maximum atomic E-state index is 8.88. The molecule has 46 valence electrons. The Kier molecular flexibility index (Phi) is 32.4. The summed E-state index contributed by atoms with van der Waals surface area (Å²) in [6.45, 7) is 0. The molecule has 0 rings (SSSR count). The molecule has 0 aliphatic carbocycles. The van der Waals surface area contributed by atoms with E-state index in [-0.39, 0.29) is 133 Å². The van der Waals surface area contributed by atoms with Gasteiger partial charge in [-0.25, -0.2) is 4.57 Å². The standard InChI is InChI=1S/Ba.Bi.H3O4P.Rb.6H/c;;1-5(2,3)4;;;;;;;/h;;(H3,1,2,3,4);;;;;;;. The quantitative estimate of drug-likeness (QED) is 0.221. The molecule has 0 bridgehead atoms. The van der Waals surface area contributed by atoms with Gasteiger partial charge in [-0.05, 0) is 0 Å². The zero-order valence-electron chi connectivity index (χ0n) is 2.90. The van der Waals surface area contributed by atoms with Crippen LogP contribution in [-0.4, -0.2) is 148 Å². The zero-order chi connectivity index (χ0) is 4.50. The van der Waals surface area contributed by atoms with Gasteiger partial charge in [0.2, 0.25) is 0 Å². The molecule has 3 N–H and O–H groups in total. The van der Waals surface area contributed by atoms with Crippen LogP contribution in [0, 0.1) is 0 Å². The number of hydrogen-bond acceptors (Lipinski definition) is 1. The van der Waals surface area contributed by atoms with Crippen LogP contribution in [0.1, 0.15) is 0 Å². The SMILES string of the molecule is O=P(O)(O)O.[BaH2].[BiH3].[RbH]. The van der Waals surface area contributed by atoms with Crippen molar-refractivity contribution in [2.24, 2.45) is 0 Å². The van der Waals surface area contributed by atoms with Crippen molar-refractivity contribution in [2.45, 2.75) is 0 Å². The normalized spacial score (nSPS) is 7.38. The molecule has 0 saturated heterocycles. The maximum absolute atomic E-state index is 8.88. The van der Waals surface area contributed by atoms with Gasteiger partial charge in [-0.3, -0.25) is 0 Å². The van der Waals surface area contributed by atoms with Crippen molar-refractivity contribution in [1.29, 1.82) is 0 Å². The van der Waals surface area contributed by atoms with Gasteiger partial charge in [-0.15, -0.1) is 0 Å². The average molecular weight is 536 g/mol. The number of hydrogen-bond donors (Lipinski definition) is 3. The minimum absolute atomic E-state index is 0. The van der Waals surface area contributed by atoms with Gasteiger partial charge in [0.1, 0.15) is 0 Å². The summed E-state index contributed by atoms with van der Waals surface area (Å²) in [5.41, 5.74) is 0.